The number of likely N-dealkylation sites (tertiary alicyclic amines) is 1. The number of anilines is 2. The van der Waals surface area contributed by atoms with Crippen LogP contribution >= 0.6 is 11.6 Å². The Hall–Kier alpha value is -2.80. The van der Waals surface area contributed by atoms with E-state index in [0.717, 1.165) is 44.1 Å². The molecule has 4 rings (SSSR count). The Morgan fingerprint density at radius 3 is 2.67 bits per heavy atom. The molecule has 30 heavy (non-hydrogen) atoms. The molecule has 2 aromatic rings. The van der Waals surface area contributed by atoms with Crippen LogP contribution < -0.4 is 15.0 Å². The molecule has 0 bridgehead atoms. The number of hydrogen-bond donors (Lipinski definition) is 1. The Kier molecular flexibility index (Phi) is 6.08. The number of nitrogens with one attached hydrogen (secondary N) is 1. The number of benzene rings is 2. The Morgan fingerprint density at radius 1 is 1.13 bits per heavy atom. The van der Waals surface area contributed by atoms with Crippen LogP contribution in [-0.4, -0.2) is 49.0 Å². The normalized spacial score (nSPS) is 18.4. The lowest BCUT2D eigenvalue weighted by molar-refractivity contribution is -0.139. The fourth-order valence-electron chi connectivity index (χ4n) is 3.86. The first-order valence-corrected chi connectivity index (χ1v) is 10.4. The molecular weight excluding hydrogens is 409 g/mol. The van der Waals surface area contributed by atoms with Gasteiger partial charge in [0.25, 0.3) is 5.91 Å². The topological polar surface area (TPSA) is 61.9 Å². The maximum absolute atomic E-state index is 14.0. The molecule has 1 N–H and O–H groups in total. The van der Waals surface area contributed by atoms with Crippen molar-refractivity contribution in [2.24, 2.45) is 0 Å². The highest BCUT2D eigenvalue weighted by molar-refractivity contribution is 6.30. The van der Waals surface area contributed by atoms with Crippen molar-refractivity contribution in [3.8, 4) is 5.75 Å². The fourth-order valence-corrected chi connectivity index (χ4v) is 4.02. The van der Waals surface area contributed by atoms with E-state index < -0.39 is 17.8 Å². The van der Waals surface area contributed by atoms with Crippen LogP contribution in [0.4, 0.5) is 15.8 Å². The molecule has 1 atom stereocenters. The molecule has 0 unspecified atom stereocenters. The highest BCUT2D eigenvalue weighted by atomic mass is 35.5. The number of carbonyl (C=O) groups excluding carboxylic acids is 2. The van der Waals surface area contributed by atoms with Crippen molar-refractivity contribution in [1.82, 2.24) is 4.90 Å². The Bertz CT molecular complexity index is 949. The van der Waals surface area contributed by atoms with Crippen molar-refractivity contribution in [2.75, 3.05) is 36.4 Å². The largest absolute Gasteiger partial charge is 0.477 e. The van der Waals surface area contributed by atoms with Gasteiger partial charge in [-0.1, -0.05) is 23.7 Å². The molecule has 0 radical (unpaired) electrons. The number of halogens is 2. The van der Waals surface area contributed by atoms with Gasteiger partial charge in [0.2, 0.25) is 5.91 Å². The van der Waals surface area contributed by atoms with Crippen LogP contribution in [-0.2, 0) is 9.59 Å². The number of amides is 2. The molecule has 2 amide bonds. The Balaban J connectivity index is 1.49. The summed E-state index contributed by atoms with van der Waals surface area (Å²) >= 11 is 5.76. The van der Waals surface area contributed by atoms with Gasteiger partial charge in [-0.25, -0.2) is 4.39 Å². The molecule has 6 nitrogen and oxygen atoms in total. The minimum absolute atomic E-state index is 0.0355. The zero-order valence-corrected chi connectivity index (χ0v) is 17.2. The van der Waals surface area contributed by atoms with Gasteiger partial charge in [0.15, 0.2) is 6.10 Å². The summed E-state index contributed by atoms with van der Waals surface area (Å²) in [6, 6.07) is 11.4. The van der Waals surface area contributed by atoms with Crippen LogP contribution in [0.25, 0.3) is 0 Å². The average molecular weight is 432 g/mol. The molecule has 0 spiro atoms. The number of carbonyl (C=O) groups is 2. The van der Waals surface area contributed by atoms with E-state index in [2.05, 4.69) is 5.32 Å². The minimum atomic E-state index is -0.682. The number of hydrogen-bond acceptors (Lipinski definition) is 4. The lowest BCUT2D eigenvalue weighted by atomic mass is 10.1. The van der Waals surface area contributed by atoms with Gasteiger partial charge >= 0.3 is 0 Å². The van der Waals surface area contributed by atoms with E-state index in [0.29, 0.717) is 5.75 Å². The molecule has 2 aromatic carbocycles. The molecule has 1 saturated heterocycles. The molecule has 8 heteroatoms. The van der Waals surface area contributed by atoms with Gasteiger partial charge in [-0.15, -0.1) is 0 Å². The zero-order valence-electron chi connectivity index (χ0n) is 16.4. The molecule has 2 heterocycles. The van der Waals surface area contributed by atoms with Crippen molar-refractivity contribution < 1.29 is 18.7 Å². The van der Waals surface area contributed by atoms with Gasteiger partial charge in [-0.05, 0) is 49.6 Å². The van der Waals surface area contributed by atoms with E-state index in [-0.39, 0.29) is 29.7 Å². The van der Waals surface area contributed by atoms with Crippen LogP contribution in [0, 0.1) is 5.82 Å². The van der Waals surface area contributed by atoms with Crippen molar-refractivity contribution in [1.29, 1.82) is 0 Å². The van der Waals surface area contributed by atoms with Gasteiger partial charge in [-0.2, -0.15) is 0 Å². The van der Waals surface area contributed by atoms with Crippen molar-refractivity contribution in [2.45, 2.75) is 25.4 Å². The quantitative estimate of drug-likeness (QED) is 0.801. The van der Waals surface area contributed by atoms with Crippen LogP contribution in [0.1, 0.15) is 19.3 Å². The van der Waals surface area contributed by atoms with E-state index in [9.17, 15) is 14.0 Å². The van der Waals surface area contributed by atoms with Crippen LogP contribution in [0.15, 0.2) is 42.5 Å². The first-order chi connectivity index (χ1) is 14.5. The second kappa shape index (κ2) is 8.92. The van der Waals surface area contributed by atoms with Crippen molar-refractivity contribution in [3.05, 3.63) is 53.3 Å². The first kappa shape index (κ1) is 20.5. The number of nitrogens with zero attached hydrogens (tertiary/aromatic N) is 2. The summed E-state index contributed by atoms with van der Waals surface area (Å²) in [6.07, 6.45) is 2.44. The van der Waals surface area contributed by atoms with Gasteiger partial charge in [0.05, 0.1) is 24.5 Å². The molecular formula is C22H23ClFN3O3. The van der Waals surface area contributed by atoms with Crippen molar-refractivity contribution in [3.63, 3.8) is 0 Å². The molecule has 1 fully saturated rings. The van der Waals surface area contributed by atoms with E-state index in [4.69, 9.17) is 16.3 Å². The predicted molar refractivity (Wildman–Crippen MR) is 114 cm³/mol. The monoisotopic (exact) mass is 431 g/mol. The second-order valence-electron chi connectivity index (χ2n) is 7.51. The highest BCUT2D eigenvalue weighted by Crippen LogP contribution is 2.33. The summed E-state index contributed by atoms with van der Waals surface area (Å²) in [7, 11) is 0. The van der Waals surface area contributed by atoms with Crippen LogP contribution in [0.3, 0.4) is 0 Å². The molecule has 2 aliphatic heterocycles. The summed E-state index contributed by atoms with van der Waals surface area (Å²) < 4.78 is 20.0. The Labute approximate surface area is 179 Å². The summed E-state index contributed by atoms with van der Waals surface area (Å²) in [5.74, 6) is -0.489. The standard InChI is InChI=1S/C22H23ClFN3O3/c23-15-8-9-17(16(24)12-15)25-21(28)14-27-13-20(22(29)26-10-4-1-5-11-26)30-19-7-3-2-6-18(19)27/h2-3,6-9,12,20H,1,4-5,10-11,13-14H2,(H,25,28)/t20-/m0/s1. The zero-order chi connectivity index (χ0) is 21.1. The van der Waals surface area contributed by atoms with E-state index in [1.807, 2.05) is 23.1 Å². The lowest BCUT2D eigenvalue weighted by Crippen LogP contribution is -2.52. The van der Waals surface area contributed by atoms with Gasteiger partial charge in [0.1, 0.15) is 11.6 Å². The lowest BCUT2D eigenvalue weighted by Gasteiger charge is -2.38. The SMILES string of the molecule is O=C(CN1C[C@@H](C(=O)N2CCCCC2)Oc2ccccc21)Nc1ccc(Cl)cc1F. The minimum Gasteiger partial charge on any atom is -0.477 e. The van der Waals surface area contributed by atoms with Gasteiger partial charge in [-0.3, -0.25) is 9.59 Å². The smallest absolute Gasteiger partial charge is 0.265 e. The first-order valence-electron chi connectivity index (χ1n) is 10.1. The molecule has 0 saturated carbocycles. The predicted octanol–water partition coefficient (Wildman–Crippen LogP) is 3.70. The summed E-state index contributed by atoms with van der Waals surface area (Å²) in [5, 5.41) is 2.83. The number of ether oxygens (including phenoxy) is 1. The summed E-state index contributed by atoms with van der Waals surface area (Å²) in [6.45, 7) is 1.68. The van der Waals surface area contributed by atoms with E-state index in [1.165, 1.54) is 12.1 Å². The molecule has 2 aliphatic rings. The maximum atomic E-state index is 14.0. The number of para-hydroxylation sites is 2. The molecule has 0 aliphatic carbocycles. The number of rotatable bonds is 4. The Morgan fingerprint density at radius 2 is 1.90 bits per heavy atom. The maximum Gasteiger partial charge on any atom is 0.265 e. The van der Waals surface area contributed by atoms with E-state index >= 15 is 0 Å². The summed E-state index contributed by atoms with van der Waals surface area (Å²) in [5.41, 5.74) is 0.791. The van der Waals surface area contributed by atoms with Gasteiger partial charge < -0.3 is 19.9 Å². The third-order valence-electron chi connectivity index (χ3n) is 5.34. The fraction of sp³-hybridized carbons (Fsp3) is 0.364. The number of fused-ring (bicyclic) bond motifs is 1. The van der Waals surface area contributed by atoms with Gasteiger partial charge in [0, 0.05) is 18.1 Å². The highest BCUT2D eigenvalue weighted by Gasteiger charge is 2.34. The van der Waals surface area contributed by atoms with E-state index in [1.54, 1.807) is 11.0 Å². The van der Waals surface area contributed by atoms with Crippen molar-refractivity contribution >= 4 is 34.8 Å². The third kappa shape index (κ3) is 4.51. The van der Waals surface area contributed by atoms with Crippen LogP contribution in [0.5, 0.6) is 5.75 Å². The van der Waals surface area contributed by atoms with Crippen LogP contribution in [0.2, 0.25) is 5.02 Å². The second-order valence-corrected chi connectivity index (χ2v) is 7.95. The molecule has 158 valence electrons. The molecule has 0 aromatic heterocycles. The average Bonchev–Trinajstić information content (AvgIpc) is 2.75. The number of piperidine rings is 1. The third-order valence-corrected chi connectivity index (χ3v) is 5.58. The summed E-state index contributed by atoms with van der Waals surface area (Å²) in [4.78, 5) is 29.2.